The number of aryl methyl sites for hydroxylation is 2. The Kier molecular flexibility index (Phi) is 7.95. The van der Waals surface area contributed by atoms with Crippen LogP contribution >= 0.6 is 0 Å². The van der Waals surface area contributed by atoms with E-state index >= 15 is 0 Å². The predicted octanol–water partition coefficient (Wildman–Crippen LogP) is 5.64. The molecule has 3 nitrogen and oxygen atoms in total. The summed E-state index contributed by atoms with van der Waals surface area (Å²) in [6, 6.07) is 16.8. The molecule has 0 saturated carbocycles. The maximum atomic E-state index is 11.3. The molecule has 0 radical (unpaired) electrons. The van der Waals surface area contributed by atoms with Crippen molar-refractivity contribution in [3.8, 4) is 0 Å². The van der Waals surface area contributed by atoms with Crippen molar-refractivity contribution in [2.45, 2.75) is 57.8 Å². The monoisotopic (exact) mass is 416 g/mol. The molecule has 2 heterocycles. The highest BCUT2D eigenvalue weighted by molar-refractivity contribution is 5.98. The summed E-state index contributed by atoms with van der Waals surface area (Å²) in [6.45, 7) is 5.00. The minimum atomic E-state index is 0.312. The smallest absolute Gasteiger partial charge is 0.163 e. The Hall–Kier alpha value is -2.39. The number of Topliss-reactive ketones (excluding diaryl/α,β-unsaturated/α-hetero) is 1. The zero-order chi connectivity index (χ0) is 21.3. The molecule has 6 rings (SSSR count). The lowest BCUT2D eigenvalue weighted by Gasteiger charge is -2.26. The fourth-order valence-electron chi connectivity index (χ4n) is 4.93. The topological polar surface area (TPSA) is 32.3 Å². The Balaban J connectivity index is 0.000000126. The van der Waals surface area contributed by atoms with Gasteiger partial charge in [-0.25, -0.2) is 0 Å². The van der Waals surface area contributed by atoms with Gasteiger partial charge >= 0.3 is 0 Å². The van der Waals surface area contributed by atoms with Crippen LogP contribution < -0.4 is 5.32 Å². The highest BCUT2D eigenvalue weighted by atomic mass is 16.1. The van der Waals surface area contributed by atoms with Crippen molar-refractivity contribution in [3.05, 3.63) is 76.9 Å². The second-order valence-electron chi connectivity index (χ2n) is 8.87. The summed E-state index contributed by atoms with van der Waals surface area (Å²) in [5.74, 6) is 0.312. The molecule has 31 heavy (non-hydrogen) atoms. The number of rotatable bonds is 1. The number of fused-ring (bicyclic) bond motifs is 2. The number of carbonyl (C=O) groups is 1. The first-order valence-electron chi connectivity index (χ1n) is 12.2. The molecular weight excluding hydrogens is 380 g/mol. The van der Waals surface area contributed by atoms with Gasteiger partial charge in [0.25, 0.3) is 0 Å². The molecule has 2 aliphatic carbocycles. The van der Waals surface area contributed by atoms with E-state index < -0.39 is 0 Å². The van der Waals surface area contributed by atoms with Gasteiger partial charge in [0.15, 0.2) is 5.78 Å². The van der Waals surface area contributed by atoms with Crippen molar-refractivity contribution in [3.63, 3.8) is 0 Å². The first-order valence-corrected chi connectivity index (χ1v) is 12.2. The van der Waals surface area contributed by atoms with E-state index in [2.05, 4.69) is 40.6 Å². The first kappa shape index (κ1) is 21.8. The molecule has 164 valence electrons. The molecule has 0 spiro atoms. The number of nitrogens with one attached hydrogen (secondary N) is 1. The highest BCUT2D eigenvalue weighted by Crippen LogP contribution is 2.31. The van der Waals surface area contributed by atoms with Crippen LogP contribution in [0.5, 0.6) is 0 Å². The van der Waals surface area contributed by atoms with Crippen LogP contribution in [0, 0.1) is 0 Å². The van der Waals surface area contributed by atoms with Gasteiger partial charge in [0.2, 0.25) is 0 Å². The third-order valence-corrected chi connectivity index (χ3v) is 6.62. The minimum Gasteiger partial charge on any atom is -0.371 e. The minimum absolute atomic E-state index is 0.312. The van der Waals surface area contributed by atoms with Crippen LogP contribution in [0.4, 0.5) is 0 Å². The van der Waals surface area contributed by atoms with Gasteiger partial charge in [-0.1, -0.05) is 54.6 Å². The number of carbonyl (C=O) groups excluding carboxylic acids is 1. The van der Waals surface area contributed by atoms with E-state index in [1.54, 1.807) is 0 Å². The quantitative estimate of drug-likeness (QED) is 0.652. The van der Waals surface area contributed by atoms with Gasteiger partial charge in [0.05, 0.1) is 0 Å². The van der Waals surface area contributed by atoms with E-state index in [0.29, 0.717) is 5.78 Å². The van der Waals surface area contributed by atoms with E-state index in [-0.39, 0.29) is 0 Å². The molecule has 2 aromatic rings. The number of benzene rings is 2. The molecule has 3 heteroatoms. The first-order chi connectivity index (χ1) is 15.3. The van der Waals surface area contributed by atoms with Crippen molar-refractivity contribution in [2.75, 3.05) is 26.2 Å². The zero-order valence-electron chi connectivity index (χ0n) is 18.7. The molecule has 4 aliphatic rings. The van der Waals surface area contributed by atoms with E-state index in [0.717, 1.165) is 24.8 Å². The number of hydrogen-bond donors (Lipinski definition) is 1. The lowest BCUT2D eigenvalue weighted by Crippen LogP contribution is -2.20. The molecule has 0 aromatic heterocycles. The Morgan fingerprint density at radius 3 is 1.97 bits per heavy atom. The van der Waals surface area contributed by atoms with E-state index in [9.17, 15) is 4.79 Å². The van der Waals surface area contributed by atoms with Crippen LogP contribution in [0.2, 0.25) is 0 Å². The molecule has 0 bridgehead atoms. The normalized spacial score (nSPS) is 19.3. The van der Waals surface area contributed by atoms with Crippen molar-refractivity contribution in [1.29, 1.82) is 0 Å². The Morgan fingerprint density at radius 1 is 0.677 bits per heavy atom. The molecule has 2 aliphatic heterocycles. The second-order valence-corrected chi connectivity index (χ2v) is 8.87. The molecule has 2 saturated heterocycles. The Morgan fingerprint density at radius 2 is 1.32 bits per heavy atom. The lowest BCUT2D eigenvalue weighted by atomic mass is 9.91. The largest absolute Gasteiger partial charge is 0.371 e. The van der Waals surface area contributed by atoms with Crippen LogP contribution in [-0.4, -0.2) is 36.9 Å². The van der Waals surface area contributed by atoms with Gasteiger partial charge < -0.3 is 10.2 Å². The van der Waals surface area contributed by atoms with Gasteiger partial charge in [-0.05, 0) is 75.6 Å². The van der Waals surface area contributed by atoms with Gasteiger partial charge in [0, 0.05) is 36.3 Å². The second kappa shape index (κ2) is 11.3. The number of nitrogens with zero attached hydrogens (tertiary/aromatic N) is 1. The highest BCUT2D eigenvalue weighted by Gasteiger charge is 2.20. The van der Waals surface area contributed by atoms with Crippen molar-refractivity contribution >= 4 is 11.5 Å². The van der Waals surface area contributed by atoms with Crippen LogP contribution in [0.15, 0.2) is 54.6 Å². The average molecular weight is 417 g/mol. The molecule has 1 N–H and O–H groups in total. The summed E-state index contributed by atoms with van der Waals surface area (Å²) < 4.78 is 0. The molecular formula is C28H36N2O. The van der Waals surface area contributed by atoms with Crippen LogP contribution in [0.3, 0.4) is 0 Å². The predicted molar refractivity (Wildman–Crippen MR) is 129 cm³/mol. The van der Waals surface area contributed by atoms with Crippen molar-refractivity contribution < 1.29 is 4.79 Å². The summed E-state index contributed by atoms with van der Waals surface area (Å²) in [6.07, 6.45) is 13.2. The van der Waals surface area contributed by atoms with Crippen LogP contribution in [0.1, 0.15) is 72.0 Å². The maximum absolute atomic E-state index is 11.3. The van der Waals surface area contributed by atoms with Gasteiger partial charge in [-0.15, -0.1) is 0 Å². The summed E-state index contributed by atoms with van der Waals surface area (Å²) in [4.78, 5) is 13.8. The van der Waals surface area contributed by atoms with Crippen LogP contribution in [-0.2, 0) is 12.8 Å². The summed E-state index contributed by atoms with van der Waals surface area (Å²) >= 11 is 0. The third-order valence-electron chi connectivity index (χ3n) is 6.62. The number of hydrogen-bond acceptors (Lipinski definition) is 3. The number of likely N-dealkylation sites (tertiary alicyclic amines) is 1. The molecule has 0 amide bonds. The van der Waals surface area contributed by atoms with E-state index in [1.165, 1.54) is 87.1 Å². The van der Waals surface area contributed by atoms with Crippen molar-refractivity contribution in [1.82, 2.24) is 10.2 Å². The maximum Gasteiger partial charge on any atom is 0.163 e. The standard InChI is InChI=1S/C14H17N.C10H10O.C4H9N/c1-2-8-13-12(6-1)7-5-9-14(13)15-10-3-4-11-15;11-10-7-3-5-8-4-1-2-6-9(8)10;1-2-4-5-3-1/h1-2,6,8-9H,3-5,7,10-11H2;1-2,4,6H,3,5,7H2;5H,1-4H2. The molecule has 0 unspecified atom stereocenters. The third kappa shape index (κ3) is 5.86. The number of allylic oxidation sites excluding steroid dienone is 1. The Labute approximate surface area is 187 Å². The fraction of sp³-hybridized carbons (Fsp3) is 0.464. The molecule has 2 aromatic carbocycles. The summed E-state index contributed by atoms with van der Waals surface area (Å²) in [5, 5.41) is 3.22. The van der Waals surface area contributed by atoms with Gasteiger partial charge in [-0.3, -0.25) is 4.79 Å². The van der Waals surface area contributed by atoms with E-state index in [4.69, 9.17) is 0 Å². The fourth-order valence-corrected chi connectivity index (χ4v) is 4.93. The SMILES string of the molecule is C1=C(N2CCCC2)c2ccccc2CC1.C1CCNC1.O=C1CCCc2ccccc21. The van der Waals surface area contributed by atoms with Crippen LogP contribution in [0.25, 0.3) is 5.70 Å². The zero-order valence-corrected chi connectivity index (χ0v) is 18.7. The van der Waals surface area contributed by atoms with E-state index in [1.807, 2.05) is 24.3 Å². The Bertz CT molecular complexity index is 884. The lowest BCUT2D eigenvalue weighted by molar-refractivity contribution is 0.0972. The molecule has 2 fully saturated rings. The summed E-state index contributed by atoms with van der Waals surface area (Å²) in [7, 11) is 0. The van der Waals surface area contributed by atoms with Gasteiger partial charge in [0.1, 0.15) is 0 Å². The average Bonchev–Trinajstić information content (AvgIpc) is 3.57. The number of ketones is 1. The molecule has 0 atom stereocenters. The van der Waals surface area contributed by atoms with Crippen molar-refractivity contribution in [2.24, 2.45) is 0 Å². The summed E-state index contributed by atoms with van der Waals surface area (Å²) in [5.41, 5.74) is 6.67. The van der Waals surface area contributed by atoms with Gasteiger partial charge in [-0.2, -0.15) is 0 Å².